The lowest BCUT2D eigenvalue weighted by atomic mass is 10.0. The summed E-state index contributed by atoms with van der Waals surface area (Å²) in [5.74, 6) is -2.75. The van der Waals surface area contributed by atoms with E-state index in [1.807, 2.05) is 48.5 Å². The lowest BCUT2D eigenvalue weighted by molar-refractivity contribution is 0.584. The summed E-state index contributed by atoms with van der Waals surface area (Å²) in [7, 11) is 0. The number of anilines is 2. The summed E-state index contributed by atoms with van der Waals surface area (Å²) >= 11 is 0. The molecule has 0 aliphatic rings. The molecule has 0 amide bonds. The van der Waals surface area contributed by atoms with Gasteiger partial charge in [0.25, 0.3) is 0 Å². The molecule has 0 unspecified atom stereocenters. The predicted molar refractivity (Wildman–Crippen MR) is 127 cm³/mol. The molecule has 4 aromatic rings. The first kappa shape index (κ1) is 22.7. The molecule has 4 rings (SSSR count). The van der Waals surface area contributed by atoms with Crippen molar-refractivity contribution in [1.82, 2.24) is 0 Å². The minimum absolute atomic E-state index is 0.0795. The first-order valence-electron chi connectivity index (χ1n) is 10.2. The maximum Gasteiger partial charge on any atom is 0.151 e. The number of hydrogen-bond acceptors (Lipinski definition) is 4. The van der Waals surface area contributed by atoms with Gasteiger partial charge in [-0.15, -0.1) is 0 Å². The van der Waals surface area contributed by atoms with Gasteiger partial charge in [-0.05, 0) is 46.5 Å². The summed E-state index contributed by atoms with van der Waals surface area (Å²) < 4.78 is 53.1. The van der Waals surface area contributed by atoms with Crippen LogP contribution in [0, 0.1) is 23.3 Å². The molecule has 8 heteroatoms. The SMILES string of the molecule is Fc1ccc(N/N=C/c2ccc(-c3ccc(/C=N/Nc4ccc(F)cc4F)cc3)cc2)c(F)c1. The standard InChI is InChI=1S/C26H18F4N4/c27-21-9-11-25(23(29)13-21)33-31-15-17-1-5-19(6-2-17)20-7-3-18(4-8-20)16-32-34-26-12-10-22(28)14-24(26)30/h1-16,33-34H/b31-15+,32-16+. The van der Waals surface area contributed by atoms with Crippen LogP contribution in [0.15, 0.2) is 95.1 Å². The predicted octanol–water partition coefficient (Wildman–Crippen LogP) is 6.80. The highest BCUT2D eigenvalue weighted by atomic mass is 19.1. The Hall–Kier alpha value is -4.46. The zero-order valence-corrected chi connectivity index (χ0v) is 17.6. The molecule has 0 saturated carbocycles. The second-order valence-electron chi connectivity index (χ2n) is 7.23. The zero-order chi connectivity index (χ0) is 23.9. The van der Waals surface area contributed by atoms with Gasteiger partial charge in [-0.25, -0.2) is 17.6 Å². The van der Waals surface area contributed by atoms with E-state index in [1.165, 1.54) is 24.6 Å². The van der Waals surface area contributed by atoms with E-state index in [0.29, 0.717) is 0 Å². The first-order valence-corrected chi connectivity index (χ1v) is 10.2. The highest BCUT2D eigenvalue weighted by molar-refractivity contribution is 5.83. The fourth-order valence-corrected chi connectivity index (χ4v) is 3.04. The minimum Gasteiger partial charge on any atom is -0.276 e. The fraction of sp³-hybridized carbons (Fsp3) is 0. The summed E-state index contributed by atoms with van der Waals surface area (Å²) in [6.07, 6.45) is 3.06. The van der Waals surface area contributed by atoms with E-state index < -0.39 is 23.3 Å². The Morgan fingerprint density at radius 2 is 0.882 bits per heavy atom. The summed E-state index contributed by atoms with van der Waals surface area (Å²) in [5, 5.41) is 7.95. The van der Waals surface area contributed by atoms with E-state index >= 15 is 0 Å². The van der Waals surface area contributed by atoms with Gasteiger partial charge in [0.15, 0.2) is 11.6 Å². The molecule has 4 aromatic carbocycles. The van der Waals surface area contributed by atoms with Gasteiger partial charge >= 0.3 is 0 Å². The lowest BCUT2D eigenvalue weighted by Gasteiger charge is -2.04. The van der Waals surface area contributed by atoms with Crippen LogP contribution in [-0.4, -0.2) is 12.4 Å². The van der Waals surface area contributed by atoms with E-state index in [1.54, 1.807) is 0 Å². The summed E-state index contributed by atoms with van der Waals surface area (Å²) in [6, 6.07) is 21.5. The van der Waals surface area contributed by atoms with Crippen LogP contribution < -0.4 is 10.9 Å². The van der Waals surface area contributed by atoms with E-state index in [2.05, 4.69) is 21.1 Å². The van der Waals surface area contributed by atoms with Gasteiger partial charge in [0, 0.05) is 12.1 Å². The van der Waals surface area contributed by atoms with Gasteiger partial charge in [-0.2, -0.15) is 10.2 Å². The van der Waals surface area contributed by atoms with Crippen LogP contribution in [0.5, 0.6) is 0 Å². The normalized spacial score (nSPS) is 11.3. The number of halogens is 4. The Bertz CT molecular complexity index is 1230. The molecule has 0 aromatic heterocycles. The van der Waals surface area contributed by atoms with Crippen molar-refractivity contribution in [2.45, 2.75) is 0 Å². The minimum atomic E-state index is -0.723. The van der Waals surface area contributed by atoms with Crippen molar-refractivity contribution < 1.29 is 17.6 Å². The molecule has 0 atom stereocenters. The average Bonchev–Trinajstić information content (AvgIpc) is 2.83. The van der Waals surface area contributed by atoms with Crippen LogP contribution in [0.25, 0.3) is 11.1 Å². The molecule has 0 heterocycles. The second-order valence-corrected chi connectivity index (χ2v) is 7.23. The zero-order valence-electron chi connectivity index (χ0n) is 17.6. The van der Waals surface area contributed by atoms with E-state index in [4.69, 9.17) is 0 Å². The summed E-state index contributed by atoms with van der Waals surface area (Å²) in [6.45, 7) is 0. The van der Waals surface area contributed by atoms with Crippen molar-refractivity contribution in [1.29, 1.82) is 0 Å². The molecule has 0 spiro atoms. The van der Waals surface area contributed by atoms with Crippen molar-refractivity contribution in [3.05, 3.63) is 119 Å². The third kappa shape index (κ3) is 5.86. The number of hydrogen-bond donors (Lipinski definition) is 2. The highest BCUT2D eigenvalue weighted by Gasteiger charge is 2.03. The first-order chi connectivity index (χ1) is 16.5. The molecule has 0 aliphatic heterocycles. The molecule has 4 nitrogen and oxygen atoms in total. The quantitative estimate of drug-likeness (QED) is 0.180. The number of hydrazone groups is 2. The van der Waals surface area contributed by atoms with E-state index in [-0.39, 0.29) is 11.4 Å². The third-order valence-electron chi connectivity index (χ3n) is 4.81. The van der Waals surface area contributed by atoms with Crippen LogP contribution in [0.3, 0.4) is 0 Å². The van der Waals surface area contributed by atoms with Crippen molar-refractivity contribution in [2.75, 3.05) is 10.9 Å². The van der Waals surface area contributed by atoms with Crippen LogP contribution >= 0.6 is 0 Å². The van der Waals surface area contributed by atoms with Crippen molar-refractivity contribution in [3.63, 3.8) is 0 Å². The molecule has 0 aliphatic carbocycles. The molecule has 0 radical (unpaired) electrons. The van der Waals surface area contributed by atoms with Gasteiger partial charge in [0.05, 0.1) is 23.8 Å². The van der Waals surface area contributed by atoms with Gasteiger partial charge in [-0.1, -0.05) is 48.5 Å². The van der Waals surface area contributed by atoms with Gasteiger partial charge < -0.3 is 0 Å². The van der Waals surface area contributed by atoms with Gasteiger partial charge in [-0.3, -0.25) is 10.9 Å². The highest BCUT2D eigenvalue weighted by Crippen LogP contribution is 2.20. The number of rotatable bonds is 7. The maximum absolute atomic E-state index is 13.6. The molecular formula is C26H18F4N4. The molecule has 0 bridgehead atoms. The average molecular weight is 462 g/mol. The van der Waals surface area contributed by atoms with Crippen molar-refractivity contribution >= 4 is 23.8 Å². The van der Waals surface area contributed by atoms with E-state index in [0.717, 1.165) is 46.5 Å². The lowest BCUT2D eigenvalue weighted by Crippen LogP contribution is -1.94. The van der Waals surface area contributed by atoms with Crippen molar-refractivity contribution in [3.8, 4) is 11.1 Å². The van der Waals surface area contributed by atoms with Crippen LogP contribution in [0.1, 0.15) is 11.1 Å². The van der Waals surface area contributed by atoms with Gasteiger partial charge in [0.1, 0.15) is 11.6 Å². The van der Waals surface area contributed by atoms with Crippen LogP contribution in [0.4, 0.5) is 28.9 Å². The molecule has 2 N–H and O–H groups in total. The van der Waals surface area contributed by atoms with E-state index in [9.17, 15) is 17.6 Å². The van der Waals surface area contributed by atoms with Crippen LogP contribution in [0.2, 0.25) is 0 Å². The Morgan fingerprint density at radius 1 is 0.500 bits per heavy atom. The molecule has 0 fully saturated rings. The summed E-state index contributed by atoms with van der Waals surface area (Å²) in [4.78, 5) is 0. The smallest absolute Gasteiger partial charge is 0.151 e. The fourth-order valence-electron chi connectivity index (χ4n) is 3.04. The second kappa shape index (κ2) is 10.4. The third-order valence-corrected chi connectivity index (χ3v) is 4.81. The monoisotopic (exact) mass is 462 g/mol. The Balaban J connectivity index is 1.35. The van der Waals surface area contributed by atoms with Crippen molar-refractivity contribution in [2.24, 2.45) is 10.2 Å². The van der Waals surface area contributed by atoms with Crippen LogP contribution in [-0.2, 0) is 0 Å². The molecule has 0 saturated heterocycles. The number of nitrogens with one attached hydrogen (secondary N) is 2. The Labute approximate surface area is 193 Å². The largest absolute Gasteiger partial charge is 0.276 e. The van der Waals surface area contributed by atoms with Gasteiger partial charge in [0.2, 0.25) is 0 Å². The maximum atomic E-state index is 13.6. The summed E-state index contributed by atoms with van der Waals surface area (Å²) in [5.41, 5.74) is 8.79. The molecule has 34 heavy (non-hydrogen) atoms. The molecular weight excluding hydrogens is 444 g/mol. The Morgan fingerprint density at radius 3 is 1.24 bits per heavy atom. The topological polar surface area (TPSA) is 48.8 Å². The number of benzene rings is 4. The number of nitrogens with zero attached hydrogens (tertiary/aromatic N) is 2. The molecule has 170 valence electrons. The Kier molecular flexibility index (Phi) is 6.98.